The van der Waals surface area contributed by atoms with Crippen molar-refractivity contribution in [3.05, 3.63) is 24.3 Å². The summed E-state index contributed by atoms with van der Waals surface area (Å²) in [6, 6.07) is 7.48. The van der Waals surface area contributed by atoms with Crippen molar-refractivity contribution in [2.75, 3.05) is 25.0 Å². The molecule has 0 spiro atoms. The maximum atomic E-state index is 12.0. The van der Waals surface area contributed by atoms with E-state index in [0.29, 0.717) is 6.61 Å². The lowest BCUT2D eigenvalue weighted by atomic mass is 10.1. The van der Waals surface area contributed by atoms with E-state index < -0.39 is 0 Å². The van der Waals surface area contributed by atoms with Gasteiger partial charge in [-0.15, -0.1) is 0 Å². The molecule has 1 fully saturated rings. The van der Waals surface area contributed by atoms with Crippen LogP contribution in [0, 0.1) is 0 Å². The molecule has 98 valence electrons. The molecule has 0 atom stereocenters. The number of amides is 2. The number of carbonyl (C=O) groups is 1. The van der Waals surface area contributed by atoms with Crippen LogP contribution in [0.3, 0.4) is 0 Å². The molecule has 1 aliphatic heterocycles. The predicted octanol–water partition coefficient (Wildman–Crippen LogP) is 3.10. The zero-order valence-electron chi connectivity index (χ0n) is 10.8. The zero-order valence-corrected chi connectivity index (χ0v) is 10.8. The summed E-state index contributed by atoms with van der Waals surface area (Å²) in [5.41, 5.74) is 0.814. The summed E-state index contributed by atoms with van der Waals surface area (Å²) in [4.78, 5) is 13.8. The summed E-state index contributed by atoms with van der Waals surface area (Å²) in [6.45, 7) is 4.33. The second-order valence-corrected chi connectivity index (χ2v) is 4.44. The third kappa shape index (κ3) is 3.39. The normalized spacial score (nSPS) is 15.3. The molecule has 1 saturated heterocycles. The number of hydrogen-bond acceptors (Lipinski definition) is 2. The number of anilines is 1. The van der Waals surface area contributed by atoms with Crippen molar-refractivity contribution >= 4 is 11.7 Å². The molecule has 1 N–H and O–H groups in total. The highest BCUT2D eigenvalue weighted by Gasteiger charge is 2.16. The first kappa shape index (κ1) is 12.7. The van der Waals surface area contributed by atoms with Crippen molar-refractivity contribution in [1.29, 1.82) is 0 Å². The van der Waals surface area contributed by atoms with E-state index in [0.717, 1.165) is 37.4 Å². The lowest BCUT2D eigenvalue weighted by Crippen LogP contribution is -2.38. The minimum atomic E-state index is -0.00106. The van der Waals surface area contributed by atoms with Gasteiger partial charge in [-0.3, -0.25) is 0 Å². The summed E-state index contributed by atoms with van der Waals surface area (Å²) in [6.07, 6.45) is 3.44. The molecule has 1 aliphatic rings. The molecular formula is C14H20N2O2. The molecule has 0 unspecified atom stereocenters. The number of carbonyl (C=O) groups excluding carboxylic acids is 1. The Hall–Kier alpha value is -1.71. The summed E-state index contributed by atoms with van der Waals surface area (Å²) in [5, 5.41) is 2.91. The Bertz CT molecular complexity index is 383. The van der Waals surface area contributed by atoms with E-state index in [2.05, 4.69) is 5.32 Å². The van der Waals surface area contributed by atoms with Crippen LogP contribution in [0.2, 0.25) is 0 Å². The highest BCUT2D eigenvalue weighted by atomic mass is 16.5. The van der Waals surface area contributed by atoms with Gasteiger partial charge >= 0.3 is 6.03 Å². The smallest absolute Gasteiger partial charge is 0.321 e. The molecule has 2 rings (SSSR count). The molecule has 2 amide bonds. The van der Waals surface area contributed by atoms with Gasteiger partial charge < -0.3 is 15.0 Å². The number of nitrogens with one attached hydrogen (secondary N) is 1. The van der Waals surface area contributed by atoms with Crippen LogP contribution in [0.1, 0.15) is 26.2 Å². The van der Waals surface area contributed by atoms with Crippen molar-refractivity contribution in [3.63, 3.8) is 0 Å². The highest BCUT2D eigenvalue weighted by Crippen LogP contribution is 2.17. The maximum Gasteiger partial charge on any atom is 0.321 e. The van der Waals surface area contributed by atoms with E-state index in [9.17, 15) is 4.79 Å². The largest absolute Gasteiger partial charge is 0.494 e. The average molecular weight is 248 g/mol. The molecule has 0 saturated carbocycles. The number of hydrogen-bond donors (Lipinski definition) is 1. The van der Waals surface area contributed by atoms with Gasteiger partial charge in [0.1, 0.15) is 5.75 Å². The number of ether oxygens (including phenoxy) is 1. The van der Waals surface area contributed by atoms with Crippen LogP contribution >= 0.6 is 0 Å². The fraction of sp³-hybridized carbons (Fsp3) is 0.500. The van der Waals surface area contributed by atoms with Gasteiger partial charge in [-0.2, -0.15) is 0 Å². The van der Waals surface area contributed by atoms with Crippen molar-refractivity contribution < 1.29 is 9.53 Å². The monoisotopic (exact) mass is 248 g/mol. The van der Waals surface area contributed by atoms with Crippen molar-refractivity contribution in [2.45, 2.75) is 26.2 Å². The predicted molar refractivity (Wildman–Crippen MR) is 72.1 cm³/mol. The molecule has 0 radical (unpaired) electrons. The Morgan fingerprint density at radius 1 is 1.22 bits per heavy atom. The molecule has 1 aromatic carbocycles. The van der Waals surface area contributed by atoms with E-state index in [1.807, 2.05) is 36.1 Å². The second kappa shape index (κ2) is 6.28. The van der Waals surface area contributed by atoms with Gasteiger partial charge in [-0.1, -0.05) is 0 Å². The minimum absolute atomic E-state index is 0.00106. The summed E-state index contributed by atoms with van der Waals surface area (Å²) >= 11 is 0. The van der Waals surface area contributed by atoms with Crippen molar-refractivity contribution in [3.8, 4) is 5.75 Å². The lowest BCUT2D eigenvalue weighted by Gasteiger charge is -2.26. The van der Waals surface area contributed by atoms with E-state index in [1.165, 1.54) is 6.42 Å². The van der Waals surface area contributed by atoms with Crippen LogP contribution in [-0.2, 0) is 0 Å². The van der Waals surface area contributed by atoms with Crippen LogP contribution in [0.15, 0.2) is 24.3 Å². The third-order valence-electron chi connectivity index (χ3n) is 3.06. The average Bonchev–Trinajstić information content (AvgIpc) is 2.42. The minimum Gasteiger partial charge on any atom is -0.494 e. The Kier molecular flexibility index (Phi) is 4.45. The van der Waals surface area contributed by atoms with Crippen molar-refractivity contribution in [1.82, 2.24) is 4.90 Å². The Morgan fingerprint density at radius 3 is 2.50 bits per heavy atom. The number of benzene rings is 1. The van der Waals surface area contributed by atoms with Gasteiger partial charge in [-0.25, -0.2) is 4.79 Å². The van der Waals surface area contributed by atoms with Gasteiger partial charge in [0.25, 0.3) is 0 Å². The number of piperidine rings is 1. The Balaban J connectivity index is 1.89. The van der Waals surface area contributed by atoms with Crippen LogP contribution < -0.4 is 10.1 Å². The topological polar surface area (TPSA) is 41.6 Å². The molecule has 0 aliphatic carbocycles. The quantitative estimate of drug-likeness (QED) is 0.893. The number of likely N-dealkylation sites (tertiary alicyclic amines) is 1. The lowest BCUT2D eigenvalue weighted by molar-refractivity contribution is 0.200. The van der Waals surface area contributed by atoms with Crippen molar-refractivity contribution in [2.24, 2.45) is 0 Å². The van der Waals surface area contributed by atoms with Crippen LogP contribution in [-0.4, -0.2) is 30.6 Å². The molecule has 18 heavy (non-hydrogen) atoms. The molecule has 1 aromatic rings. The molecule has 4 nitrogen and oxygen atoms in total. The summed E-state index contributed by atoms with van der Waals surface area (Å²) < 4.78 is 5.36. The molecular weight excluding hydrogens is 228 g/mol. The molecule has 1 heterocycles. The van der Waals surface area contributed by atoms with E-state index in [1.54, 1.807) is 0 Å². The van der Waals surface area contributed by atoms with Gasteiger partial charge in [0.05, 0.1) is 6.61 Å². The van der Waals surface area contributed by atoms with Gasteiger partial charge in [0, 0.05) is 18.8 Å². The van der Waals surface area contributed by atoms with E-state index >= 15 is 0 Å². The summed E-state index contributed by atoms with van der Waals surface area (Å²) in [5.74, 6) is 0.827. The molecule has 0 aromatic heterocycles. The van der Waals surface area contributed by atoms with Gasteiger partial charge in [0.15, 0.2) is 0 Å². The first-order valence-corrected chi connectivity index (χ1v) is 6.58. The maximum absolute atomic E-state index is 12.0. The standard InChI is InChI=1S/C14H20N2O2/c1-2-18-13-8-6-12(7-9-13)15-14(17)16-10-4-3-5-11-16/h6-9H,2-5,10-11H2,1H3,(H,15,17). The second-order valence-electron chi connectivity index (χ2n) is 4.44. The molecule has 4 heteroatoms. The SMILES string of the molecule is CCOc1ccc(NC(=O)N2CCCCC2)cc1. The zero-order chi connectivity index (χ0) is 12.8. The van der Waals surface area contributed by atoms with Gasteiger partial charge in [-0.05, 0) is 50.5 Å². The Labute approximate surface area is 108 Å². The van der Waals surface area contributed by atoms with E-state index in [4.69, 9.17) is 4.74 Å². The number of rotatable bonds is 3. The van der Waals surface area contributed by atoms with E-state index in [-0.39, 0.29) is 6.03 Å². The fourth-order valence-corrected chi connectivity index (χ4v) is 2.10. The third-order valence-corrected chi connectivity index (χ3v) is 3.06. The number of nitrogens with zero attached hydrogens (tertiary/aromatic N) is 1. The highest BCUT2D eigenvalue weighted by molar-refractivity contribution is 5.89. The fourth-order valence-electron chi connectivity index (χ4n) is 2.10. The van der Waals surface area contributed by atoms with Gasteiger partial charge in [0.2, 0.25) is 0 Å². The number of urea groups is 1. The first-order valence-electron chi connectivity index (χ1n) is 6.58. The first-order chi connectivity index (χ1) is 8.79. The molecule has 0 bridgehead atoms. The summed E-state index contributed by atoms with van der Waals surface area (Å²) in [7, 11) is 0. The van der Waals surface area contributed by atoms with Crippen LogP contribution in [0.25, 0.3) is 0 Å². The van der Waals surface area contributed by atoms with Crippen LogP contribution in [0.4, 0.5) is 10.5 Å². The Morgan fingerprint density at radius 2 is 1.89 bits per heavy atom. The van der Waals surface area contributed by atoms with Crippen LogP contribution in [0.5, 0.6) is 5.75 Å².